The van der Waals surface area contributed by atoms with Crippen LogP contribution in [0.5, 0.6) is 0 Å². The third-order valence-electron chi connectivity index (χ3n) is 4.97. The molecule has 0 unspecified atom stereocenters. The number of halogens is 1. The van der Waals surface area contributed by atoms with Gasteiger partial charge in [-0.3, -0.25) is 9.59 Å². The predicted molar refractivity (Wildman–Crippen MR) is 107 cm³/mol. The zero-order chi connectivity index (χ0) is 18.8. The predicted octanol–water partition coefficient (Wildman–Crippen LogP) is 4.31. The Bertz CT molecular complexity index is 965. The first-order chi connectivity index (χ1) is 13.1. The highest BCUT2D eigenvalue weighted by Gasteiger charge is 2.29. The number of hydrogen-bond donors (Lipinski definition) is 2. The van der Waals surface area contributed by atoms with Gasteiger partial charge in [-0.05, 0) is 37.1 Å². The van der Waals surface area contributed by atoms with Crippen LogP contribution in [0, 0.1) is 5.92 Å². The van der Waals surface area contributed by atoms with Gasteiger partial charge in [-0.2, -0.15) is 0 Å². The average molecular weight is 382 g/mol. The lowest BCUT2D eigenvalue weighted by Gasteiger charge is -2.31. The summed E-state index contributed by atoms with van der Waals surface area (Å²) < 4.78 is 0. The van der Waals surface area contributed by atoms with Crippen LogP contribution >= 0.6 is 11.6 Å². The molecule has 1 aliphatic heterocycles. The lowest BCUT2D eigenvalue weighted by Crippen LogP contribution is -2.43. The number of nitrogens with zero attached hydrogens (tertiary/aromatic N) is 1. The van der Waals surface area contributed by atoms with Crippen LogP contribution in [0.15, 0.2) is 54.6 Å². The van der Waals surface area contributed by atoms with Crippen molar-refractivity contribution in [3.05, 3.63) is 65.3 Å². The minimum atomic E-state index is -0.247. The molecular weight excluding hydrogens is 362 g/mol. The molecule has 1 atom stereocenters. The number of rotatable bonds is 3. The molecule has 138 valence electrons. The molecule has 3 aromatic rings. The van der Waals surface area contributed by atoms with Gasteiger partial charge in [0.05, 0.1) is 16.6 Å². The van der Waals surface area contributed by atoms with Crippen molar-refractivity contribution in [2.45, 2.75) is 12.8 Å². The molecule has 4 rings (SSSR count). The minimum Gasteiger partial charge on any atom is -0.351 e. The third kappa shape index (κ3) is 3.69. The van der Waals surface area contributed by atoms with E-state index in [1.54, 1.807) is 17.0 Å². The van der Waals surface area contributed by atoms with Gasteiger partial charge in [0, 0.05) is 24.0 Å². The summed E-state index contributed by atoms with van der Waals surface area (Å²) in [5.41, 5.74) is 2.09. The quantitative estimate of drug-likeness (QED) is 0.709. The zero-order valence-electron chi connectivity index (χ0n) is 14.7. The maximum absolute atomic E-state index is 12.9. The van der Waals surface area contributed by atoms with Gasteiger partial charge in [0.1, 0.15) is 5.69 Å². The van der Waals surface area contributed by atoms with Crippen molar-refractivity contribution < 1.29 is 9.59 Å². The van der Waals surface area contributed by atoms with Crippen LogP contribution in [0.4, 0.5) is 5.69 Å². The largest absolute Gasteiger partial charge is 0.351 e. The molecule has 0 bridgehead atoms. The number of aromatic amines is 1. The fraction of sp³-hybridized carbons (Fsp3) is 0.238. The van der Waals surface area contributed by atoms with Gasteiger partial charge in [-0.25, -0.2) is 0 Å². The average Bonchev–Trinajstić information content (AvgIpc) is 3.13. The number of para-hydroxylation sites is 2. The fourth-order valence-corrected chi connectivity index (χ4v) is 3.71. The highest BCUT2D eigenvalue weighted by atomic mass is 35.5. The molecule has 1 fully saturated rings. The second-order valence-corrected chi connectivity index (χ2v) is 7.24. The van der Waals surface area contributed by atoms with Crippen molar-refractivity contribution in [3.8, 4) is 0 Å². The van der Waals surface area contributed by atoms with Crippen molar-refractivity contribution >= 4 is 40.0 Å². The Hall–Kier alpha value is -2.79. The number of H-pyrrole nitrogens is 1. The van der Waals surface area contributed by atoms with Crippen LogP contribution in [-0.2, 0) is 4.79 Å². The summed E-state index contributed by atoms with van der Waals surface area (Å²) in [5.74, 6) is -0.415. The smallest absolute Gasteiger partial charge is 0.270 e. The molecule has 0 aliphatic carbocycles. The van der Waals surface area contributed by atoms with E-state index in [0.717, 1.165) is 23.7 Å². The fourth-order valence-electron chi connectivity index (χ4n) is 3.53. The molecule has 1 saturated heterocycles. The van der Waals surface area contributed by atoms with Crippen LogP contribution in [0.3, 0.4) is 0 Å². The van der Waals surface area contributed by atoms with E-state index in [1.807, 2.05) is 42.5 Å². The van der Waals surface area contributed by atoms with E-state index in [9.17, 15) is 9.59 Å². The first kappa shape index (κ1) is 17.6. The van der Waals surface area contributed by atoms with Crippen molar-refractivity contribution in [1.82, 2.24) is 9.88 Å². The Morgan fingerprint density at radius 2 is 1.89 bits per heavy atom. The molecule has 0 saturated carbocycles. The molecule has 6 heteroatoms. The van der Waals surface area contributed by atoms with Gasteiger partial charge >= 0.3 is 0 Å². The Morgan fingerprint density at radius 3 is 2.70 bits per heavy atom. The Kier molecular flexibility index (Phi) is 4.86. The maximum atomic E-state index is 12.9. The normalized spacial score (nSPS) is 17.1. The number of piperidine rings is 1. The maximum Gasteiger partial charge on any atom is 0.270 e. The zero-order valence-corrected chi connectivity index (χ0v) is 15.5. The van der Waals surface area contributed by atoms with Crippen LogP contribution in [0.1, 0.15) is 23.3 Å². The van der Waals surface area contributed by atoms with E-state index in [0.29, 0.717) is 29.5 Å². The van der Waals surface area contributed by atoms with Crippen molar-refractivity contribution in [3.63, 3.8) is 0 Å². The van der Waals surface area contributed by atoms with E-state index < -0.39 is 0 Å². The summed E-state index contributed by atoms with van der Waals surface area (Å²) in [6.45, 7) is 1.06. The number of amides is 2. The van der Waals surface area contributed by atoms with Gasteiger partial charge < -0.3 is 15.2 Å². The topological polar surface area (TPSA) is 65.2 Å². The van der Waals surface area contributed by atoms with Gasteiger partial charge in [0.15, 0.2) is 0 Å². The number of carbonyl (C=O) groups excluding carboxylic acids is 2. The van der Waals surface area contributed by atoms with Crippen LogP contribution in [-0.4, -0.2) is 34.8 Å². The highest BCUT2D eigenvalue weighted by Crippen LogP contribution is 2.25. The van der Waals surface area contributed by atoms with Crippen LogP contribution in [0.25, 0.3) is 10.9 Å². The van der Waals surface area contributed by atoms with Crippen molar-refractivity contribution in [2.75, 3.05) is 18.4 Å². The standard InChI is InChI=1S/C21H20ClN3O2/c22-16-8-2-4-10-18(16)24-20(26)15-7-5-11-25(13-15)21(27)19-12-14-6-1-3-9-17(14)23-19/h1-4,6,8-10,12,15,23H,5,7,11,13H2,(H,24,26)/t15-/m0/s1. The van der Waals surface area contributed by atoms with Gasteiger partial charge in [-0.1, -0.05) is 41.9 Å². The van der Waals surface area contributed by atoms with E-state index in [1.165, 1.54) is 0 Å². The molecule has 1 aromatic heterocycles. The molecule has 1 aliphatic rings. The molecule has 2 heterocycles. The SMILES string of the molecule is O=C(Nc1ccccc1Cl)[C@H]1CCCN(C(=O)c2cc3ccccc3[nH]2)C1. The second-order valence-electron chi connectivity index (χ2n) is 6.83. The van der Waals surface area contributed by atoms with Gasteiger partial charge in [0.2, 0.25) is 5.91 Å². The number of nitrogens with one attached hydrogen (secondary N) is 2. The van der Waals surface area contributed by atoms with E-state index in [4.69, 9.17) is 11.6 Å². The Labute approximate surface area is 162 Å². The molecule has 0 spiro atoms. The van der Waals surface area contributed by atoms with Crippen LogP contribution < -0.4 is 5.32 Å². The van der Waals surface area contributed by atoms with Gasteiger partial charge in [-0.15, -0.1) is 0 Å². The first-order valence-electron chi connectivity index (χ1n) is 9.04. The van der Waals surface area contributed by atoms with Crippen molar-refractivity contribution in [2.24, 2.45) is 5.92 Å². The number of likely N-dealkylation sites (tertiary alicyclic amines) is 1. The summed E-state index contributed by atoms with van der Waals surface area (Å²) in [5, 5.41) is 4.40. The summed E-state index contributed by atoms with van der Waals surface area (Å²) in [6.07, 6.45) is 1.55. The summed E-state index contributed by atoms with van der Waals surface area (Å²) in [7, 11) is 0. The number of fused-ring (bicyclic) bond motifs is 1. The number of carbonyl (C=O) groups is 2. The molecule has 0 radical (unpaired) electrons. The van der Waals surface area contributed by atoms with E-state index in [2.05, 4.69) is 10.3 Å². The number of benzene rings is 2. The van der Waals surface area contributed by atoms with Gasteiger partial charge in [0.25, 0.3) is 5.91 Å². The number of anilines is 1. The monoisotopic (exact) mass is 381 g/mol. The molecular formula is C21H20ClN3O2. The minimum absolute atomic E-state index is 0.0681. The Balaban J connectivity index is 1.46. The summed E-state index contributed by atoms with van der Waals surface area (Å²) >= 11 is 6.12. The first-order valence-corrected chi connectivity index (χ1v) is 9.42. The Morgan fingerprint density at radius 1 is 1.11 bits per heavy atom. The molecule has 2 aromatic carbocycles. The second kappa shape index (κ2) is 7.45. The molecule has 27 heavy (non-hydrogen) atoms. The molecule has 2 N–H and O–H groups in total. The summed E-state index contributed by atoms with van der Waals surface area (Å²) in [6, 6.07) is 16.8. The van der Waals surface area contributed by atoms with E-state index in [-0.39, 0.29) is 17.7 Å². The summed E-state index contributed by atoms with van der Waals surface area (Å²) in [4.78, 5) is 30.5. The third-order valence-corrected chi connectivity index (χ3v) is 5.30. The molecule has 5 nitrogen and oxygen atoms in total. The lowest BCUT2D eigenvalue weighted by atomic mass is 9.96. The van der Waals surface area contributed by atoms with Crippen LogP contribution in [0.2, 0.25) is 5.02 Å². The number of aromatic nitrogens is 1. The highest BCUT2D eigenvalue weighted by molar-refractivity contribution is 6.33. The molecule has 2 amide bonds. The lowest BCUT2D eigenvalue weighted by molar-refractivity contribution is -0.121. The van der Waals surface area contributed by atoms with E-state index >= 15 is 0 Å². The van der Waals surface area contributed by atoms with Crippen molar-refractivity contribution in [1.29, 1.82) is 0 Å². The number of hydrogen-bond acceptors (Lipinski definition) is 2.